The number of methoxy groups -OCH3 is 1. The van der Waals surface area contributed by atoms with Crippen LogP contribution < -0.4 is 4.74 Å². The smallest absolute Gasteiger partial charge is 0.235 e. The predicted octanol–water partition coefficient (Wildman–Crippen LogP) is 3.88. The molecular weight excluding hydrogens is 374 g/mol. The van der Waals surface area contributed by atoms with Crippen molar-refractivity contribution in [3.8, 4) is 22.9 Å². The van der Waals surface area contributed by atoms with Gasteiger partial charge in [0.15, 0.2) is 0 Å². The lowest BCUT2D eigenvalue weighted by atomic mass is 9.96. The largest absolute Gasteiger partial charge is 0.497 e. The Hall–Kier alpha value is -2.79. The maximum absolute atomic E-state index is 11.5. The van der Waals surface area contributed by atoms with Gasteiger partial charge in [-0.15, -0.1) is 0 Å². The van der Waals surface area contributed by atoms with E-state index in [4.69, 9.17) is 4.74 Å². The molecule has 0 spiro atoms. The summed E-state index contributed by atoms with van der Waals surface area (Å²) in [7, 11) is 1.61. The molecule has 28 heavy (non-hydrogen) atoms. The third-order valence-electron chi connectivity index (χ3n) is 4.93. The maximum atomic E-state index is 11.5. The number of pyridine rings is 1. The van der Waals surface area contributed by atoms with Crippen molar-refractivity contribution in [2.24, 2.45) is 0 Å². The molecule has 1 aliphatic carbocycles. The molecule has 1 aromatic heterocycles. The van der Waals surface area contributed by atoms with Gasteiger partial charge in [-0.05, 0) is 42.2 Å². The Bertz CT molecular complexity index is 1090. The van der Waals surface area contributed by atoms with Crippen LogP contribution in [0.25, 0.3) is 22.0 Å². The Morgan fingerprint density at radius 1 is 1.29 bits per heavy atom. The zero-order valence-electron chi connectivity index (χ0n) is 15.3. The molecule has 6 nitrogen and oxygen atoms in total. The van der Waals surface area contributed by atoms with Gasteiger partial charge in [0.1, 0.15) is 11.8 Å². The van der Waals surface area contributed by atoms with Gasteiger partial charge in [-0.25, -0.2) is 4.21 Å². The fourth-order valence-electron chi connectivity index (χ4n) is 3.33. The monoisotopic (exact) mass is 393 g/mol. The molecule has 0 radical (unpaired) electrons. The molecule has 4 rings (SSSR count). The Morgan fingerprint density at radius 3 is 2.64 bits per heavy atom. The second kappa shape index (κ2) is 7.68. The summed E-state index contributed by atoms with van der Waals surface area (Å²) in [6.45, 7) is 0.421. The van der Waals surface area contributed by atoms with Crippen LogP contribution >= 0.6 is 0 Å². The molecule has 142 valence electrons. The van der Waals surface area contributed by atoms with Crippen LogP contribution in [0.2, 0.25) is 0 Å². The van der Waals surface area contributed by atoms with Crippen molar-refractivity contribution in [2.45, 2.75) is 25.4 Å². The van der Waals surface area contributed by atoms with E-state index in [1.807, 2.05) is 42.5 Å². The van der Waals surface area contributed by atoms with Gasteiger partial charge in [-0.1, -0.05) is 24.3 Å². The fourth-order valence-corrected chi connectivity index (χ4v) is 4.05. The predicted molar refractivity (Wildman–Crippen MR) is 108 cm³/mol. The molecule has 0 bridgehead atoms. The lowest BCUT2D eigenvalue weighted by molar-refractivity contribution is 0.384. The van der Waals surface area contributed by atoms with Gasteiger partial charge in [0.05, 0.1) is 18.2 Å². The van der Waals surface area contributed by atoms with Gasteiger partial charge < -0.3 is 4.74 Å². The number of rotatable bonds is 6. The third-order valence-corrected chi connectivity index (χ3v) is 5.76. The first-order valence-electron chi connectivity index (χ1n) is 8.94. The van der Waals surface area contributed by atoms with Gasteiger partial charge in [0, 0.05) is 29.7 Å². The molecule has 1 N–H and O–H groups in total. The van der Waals surface area contributed by atoms with Gasteiger partial charge >= 0.3 is 0 Å². The third kappa shape index (κ3) is 3.62. The highest BCUT2D eigenvalue weighted by atomic mass is 32.2. The summed E-state index contributed by atoms with van der Waals surface area (Å²) in [5.74, 6) is 0.702. The number of nitriles is 1. The molecule has 0 aliphatic heterocycles. The number of nitrogens with zero attached hydrogens (tertiary/aromatic N) is 3. The van der Waals surface area contributed by atoms with E-state index in [0.717, 1.165) is 40.4 Å². The lowest BCUT2D eigenvalue weighted by Crippen LogP contribution is -2.27. The maximum Gasteiger partial charge on any atom is 0.235 e. The first-order chi connectivity index (χ1) is 13.6. The van der Waals surface area contributed by atoms with Gasteiger partial charge in [-0.2, -0.15) is 9.57 Å². The normalized spacial score (nSPS) is 14.8. The summed E-state index contributed by atoms with van der Waals surface area (Å²) in [6.07, 6.45) is 3.50. The molecule has 2 aromatic carbocycles. The van der Waals surface area contributed by atoms with Gasteiger partial charge in [0.25, 0.3) is 0 Å². The molecule has 1 heterocycles. The highest BCUT2D eigenvalue weighted by Gasteiger charge is 2.32. The van der Waals surface area contributed by atoms with Crippen molar-refractivity contribution < 1.29 is 13.5 Å². The zero-order valence-corrected chi connectivity index (χ0v) is 16.1. The lowest BCUT2D eigenvalue weighted by Gasteiger charge is -2.17. The number of benzene rings is 2. The number of ether oxygens (including phenoxy) is 1. The van der Waals surface area contributed by atoms with Crippen molar-refractivity contribution >= 4 is 22.2 Å². The topological polar surface area (TPSA) is 86.5 Å². The van der Waals surface area contributed by atoms with Crippen LogP contribution in [0.3, 0.4) is 0 Å². The molecule has 1 atom stereocenters. The van der Waals surface area contributed by atoms with Crippen molar-refractivity contribution in [3.63, 3.8) is 0 Å². The standard InChI is InChI=1S/C21H19N3O3S/c1-27-18-8-9-20-19(10-18)21(16(11-22)12-23-20)15-4-2-14(3-5-15)13-24(28(25)26)17-6-7-17/h2-5,8-10,12,17H,6-7,13H2,1H3,(H,25,26). The van der Waals surface area contributed by atoms with E-state index in [-0.39, 0.29) is 6.04 Å². The Labute approximate surface area is 165 Å². The van der Waals surface area contributed by atoms with E-state index in [9.17, 15) is 14.0 Å². The summed E-state index contributed by atoms with van der Waals surface area (Å²) < 4.78 is 28.0. The Morgan fingerprint density at radius 2 is 2.04 bits per heavy atom. The molecule has 1 saturated carbocycles. The molecule has 1 unspecified atom stereocenters. The van der Waals surface area contributed by atoms with Crippen LogP contribution in [-0.4, -0.2) is 31.2 Å². The molecule has 3 aromatic rings. The first kappa shape index (κ1) is 18.6. The summed E-state index contributed by atoms with van der Waals surface area (Å²) in [4.78, 5) is 4.37. The highest BCUT2D eigenvalue weighted by Crippen LogP contribution is 2.34. The zero-order chi connectivity index (χ0) is 19.7. The van der Waals surface area contributed by atoms with Crippen LogP contribution in [0, 0.1) is 11.3 Å². The molecule has 0 amide bonds. The number of hydrogen-bond acceptors (Lipinski definition) is 4. The second-order valence-electron chi connectivity index (χ2n) is 6.78. The summed E-state index contributed by atoms with van der Waals surface area (Å²) in [6, 6.07) is 15.8. The molecule has 1 fully saturated rings. The average Bonchev–Trinajstić information content (AvgIpc) is 3.56. The van der Waals surface area contributed by atoms with Crippen molar-refractivity contribution in [2.75, 3.05) is 7.11 Å². The molecule has 1 aliphatic rings. The SMILES string of the molecule is COc1ccc2ncc(C#N)c(-c3ccc(CN(C4CC4)S(=O)O)cc3)c2c1. The van der Waals surface area contributed by atoms with E-state index in [0.29, 0.717) is 17.9 Å². The number of fused-ring (bicyclic) bond motifs is 1. The van der Waals surface area contributed by atoms with Crippen LogP contribution in [0.15, 0.2) is 48.7 Å². The van der Waals surface area contributed by atoms with E-state index >= 15 is 0 Å². The average molecular weight is 393 g/mol. The molecule has 0 saturated heterocycles. The van der Waals surface area contributed by atoms with E-state index < -0.39 is 11.3 Å². The Kier molecular flexibility index (Phi) is 5.09. The van der Waals surface area contributed by atoms with E-state index in [1.54, 1.807) is 17.6 Å². The Balaban J connectivity index is 1.73. The quantitative estimate of drug-likeness (QED) is 0.642. The fraction of sp³-hybridized carbons (Fsp3) is 0.238. The summed E-state index contributed by atoms with van der Waals surface area (Å²) in [5, 5.41) is 10.4. The minimum atomic E-state index is -1.97. The van der Waals surface area contributed by atoms with Crippen molar-refractivity contribution in [1.29, 1.82) is 5.26 Å². The highest BCUT2D eigenvalue weighted by molar-refractivity contribution is 7.76. The summed E-state index contributed by atoms with van der Waals surface area (Å²) >= 11 is -1.97. The van der Waals surface area contributed by atoms with Gasteiger partial charge in [-0.3, -0.25) is 9.54 Å². The van der Waals surface area contributed by atoms with Crippen LogP contribution in [0.5, 0.6) is 5.75 Å². The van der Waals surface area contributed by atoms with Crippen molar-refractivity contribution in [3.05, 3.63) is 59.8 Å². The van der Waals surface area contributed by atoms with E-state index in [1.165, 1.54) is 0 Å². The minimum Gasteiger partial charge on any atom is -0.497 e. The van der Waals surface area contributed by atoms with Gasteiger partial charge in [0.2, 0.25) is 11.3 Å². The van der Waals surface area contributed by atoms with Crippen LogP contribution in [0.4, 0.5) is 0 Å². The van der Waals surface area contributed by atoms with Crippen molar-refractivity contribution in [1.82, 2.24) is 9.29 Å². The summed E-state index contributed by atoms with van der Waals surface area (Å²) in [5.41, 5.74) is 3.93. The first-order valence-corrected chi connectivity index (χ1v) is 10.0. The molecular formula is C21H19N3O3S. The minimum absolute atomic E-state index is 0.187. The second-order valence-corrected chi connectivity index (χ2v) is 7.71. The van der Waals surface area contributed by atoms with Crippen LogP contribution in [0.1, 0.15) is 24.0 Å². The number of aromatic nitrogens is 1. The number of hydrogen-bond donors (Lipinski definition) is 1. The van der Waals surface area contributed by atoms with Crippen LogP contribution in [-0.2, 0) is 17.8 Å². The molecule has 7 heteroatoms. The van der Waals surface area contributed by atoms with E-state index in [2.05, 4.69) is 11.1 Å².